The summed E-state index contributed by atoms with van der Waals surface area (Å²) in [6, 6.07) is 2.97. The fraction of sp³-hybridized carbons (Fsp3) is 0.588. The van der Waals surface area contributed by atoms with Gasteiger partial charge in [0.25, 0.3) is 0 Å². The summed E-state index contributed by atoms with van der Waals surface area (Å²) < 4.78 is 57.8. The molecular formula is C17H27N3O6S2. The van der Waals surface area contributed by atoms with Gasteiger partial charge >= 0.3 is 0 Å². The maximum Gasteiger partial charge on any atom is 0.240 e. The number of hydrogen-bond acceptors (Lipinski definition) is 6. The van der Waals surface area contributed by atoms with Gasteiger partial charge in [-0.25, -0.2) is 21.6 Å². The van der Waals surface area contributed by atoms with Gasteiger partial charge in [0.2, 0.25) is 26.0 Å². The van der Waals surface area contributed by atoms with E-state index in [0.29, 0.717) is 37.4 Å². The lowest BCUT2D eigenvalue weighted by atomic mass is 10.1. The van der Waals surface area contributed by atoms with Crippen molar-refractivity contribution in [1.29, 1.82) is 0 Å². The minimum atomic E-state index is -3.90. The number of nitrogens with one attached hydrogen (secondary N) is 1. The Morgan fingerprint density at radius 1 is 1.14 bits per heavy atom. The van der Waals surface area contributed by atoms with E-state index in [9.17, 15) is 21.6 Å². The number of morpholine rings is 1. The summed E-state index contributed by atoms with van der Waals surface area (Å²) in [6.45, 7) is 5.30. The van der Waals surface area contributed by atoms with E-state index < -0.39 is 20.0 Å². The predicted octanol–water partition coefficient (Wildman–Crippen LogP) is 0.226. The van der Waals surface area contributed by atoms with Gasteiger partial charge in [-0.05, 0) is 31.0 Å². The van der Waals surface area contributed by atoms with Crippen molar-refractivity contribution in [1.82, 2.24) is 9.62 Å². The van der Waals surface area contributed by atoms with Crippen LogP contribution in [0.5, 0.6) is 0 Å². The number of amides is 1. The van der Waals surface area contributed by atoms with Crippen molar-refractivity contribution in [3.8, 4) is 0 Å². The molecule has 1 saturated heterocycles. The highest BCUT2D eigenvalue weighted by atomic mass is 32.2. The van der Waals surface area contributed by atoms with E-state index in [2.05, 4.69) is 4.72 Å². The molecule has 1 aliphatic rings. The molecule has 1 aromatic carbocycles. The molecule has 9 nitrogen and oxygen atoms in total. The molecule has 158 valence electrons. The van der Waals surface area contributed by atoms with Crippen molar-refractivity contribution in [2.75, 3.05) is 50.5 Å². The third kappa shape index (κ3) is 5.43. The average molecular weight is 434 g/mol. The number of carbonyl (C=O) groups is 1. The molecule has 1 heterocycles. The summed E-state index contributed by atoms with van der Waals surface area (Å²) in [5, 5.41) is 0. The van der Waals surface area contributed by atoms with E-state index in [4.69, 9.17) is 4.74 Å². The van der Waals surface area contributed by atoms with Gasteiger partial charge in [-0.15, -0.1) is 0 Å². The largest absolute Gasteiger partial charge is 0.378 e. The second-order valence-corrected chi connectivity index (χ2v) is 10.5. The van der Waals surface area contributed by atoms with Crippen LogP contribution in [-0.2, 0) is 29.6 Å². The van der Waals surface area contributed by atoms with Crippen molar-refractivity contribution in [2.24, 2.45) is 0 Å². The number of rotatable bonds is 7. The van der Waals surface area contributed by atoms with Crippen LogP contribution in [0.4, 0.5) is 5.69 Å². The zero-order valence-corrected chi connectivity index (χ0v) is 18.2. The Morgan fingerprint density at radius 2 is 1.75 bits per heavy atom. The second-order valence-electron chi connectivity index (χ2n) is 6.78. The van der Waals surface area contributed by atoms with Crippen LogP contribution in [0.1, 0.15) is 17.5 Å². The molecule has 0 spiro atoms. The lowest BCUT2D eigenvalue weighted by molar-refractivity contribution is -0.135. The molecule has 0 aromatic heterocycles. The van der Waals surface area contributed by atoms with Crippen molar-refractivity contribution in [3.05, 3.63) is 23.3 Å². The fourth-order valence-electron chi connectivity index (χ4n) is 2.97. The van der Waals surface area contributed by atoms with Gasteiger partial charge in [0.1, 0.15) is 0 Å². The highest BCUT2D eigenvalue weighted by molar-refractivity contribution is 7.92. The molecule has 0 saturated carbocycles. The van der Waals surface area contributed by atoms with Gasteiger partial charge in [0.05, 0.1) is 30.1 Å². The molecular weight excluding hydrogens is 406 g/mol. The van der Waals surface area contributed by atoms with Gasteiger partial charge in [-0.3, -0.25) is 9.10 Å². The number of nitrogens with zero attached hydrogens (tertiary/aromatic N) is 2. The Kier molecular flexibility index (Phi) is 7.07. The molecule has 0 aliphatic carbocycles. The number of aryl methyl sites for hydroxylation is 2. The number of benzene rings is 1. The maximum atomic E-state index is 12.7. The maximum absolute atomic E-state index is 12.7. The lowest BCUT2D eigenvalue weighted by Gasteiger charge is -2.26. The summed E-state index contributed by atoms with van der Waals surface area (Å²) >= 11 is 0. The smallest absolute Gasteiger partial charge is 0.240 e. The van der Waals surface area contributed by atoms with Crippen LogP contribution in [-0.4, -0.2) is 73.8 Å². The Morgan fingerprint density at radius 3 is 2.32 bits per heavy atom. The van der Waals surface area contributed by atoms with Gasteiger partial charge in [-0.2, -0.15) is 0 Å². The molecule has 28 heavy (non-hydrogen) atoms. The van der Waals surface area contributed by atoms with Crippen molar-refractivity contribution >= 4 is 31.6 Å². The second kappa shape index (κ2) is 8.76. The molecule has 1 N–H and O–H groups in total. The first kappa shape index (κ1) is 22.6. The van der Waals surface area contributed by atoms with Crippen LogP contribution in [0, 0.1) is 13.8 Å². The summed E-state index contributed by atoms with van der Waals surface area (Å²) in [7, 11) is -6.07. The Hall–Kier alpha value is -1.69. The summed E-state index contributed by atoms with van der Waals surface area (Å²) in [4.78, 5) is 13.8. The van der Waals surface area contributed by atoms with Crippen LogP contribution in [0.15, 0.2) is 17.0 Å². The topological polar surface area (TPSA) is 113 Å². The molecule has 1 amide bonds. The SMILES string of the molecule is Cc1cc(C)c(S(=O)(=O)NCCC(=O)N2CCOCC2)cc1N(C)S(C)(=O)=O. The molecule has 1 aliphatic heterocycles. The van der Waals surface area contributed by atoms with E-state index in [0.717, 1.165) is 10.6 Å². The number of sulfonamides is 2. The highest BCUT2D eigenvalue weighted by Crippen LogP contribution is 2.27. The van der Waals surface area contributed by atoms with Crippen LogP contribution in [0.2, 0.25) is 0 Å². The van der Waals surface area contributed by atoms with E-state index >= 15 is 0 Å². The predicted molar refractivity (Wildman–Crippen MR) is 106 cm³/mol. The quantitative estimate of drug-likeness (QED) is 0.658. The van der Waals surface area contributed by atoms with Gasteiger partial charge in [0, 0.05) is 33.1 Å². The molecule has 0 radical (unpaired) electrons. The normalized spacial score (nSPS) is 15.5. The lowest BCUT2D eigenvalue weighted by Crippen LogP contribution is -2.42. The number of hydrogen-bond donors (Lipinski definition) is 1. The van der Waals surface area contributed by atoms with E-state index in [-0.39, 0.29) is 29.5 Å². The van der Waals surface area contributed by atoms with Crippen LogP contribution in [0.3, 0.4) is 0 Å². The zero-order chi connectivity index (χ0) is 21.1. The average Bonchev–Trinajstić information content (AvgIpc) is 2.60. The molecule has 0 unspecified atom stereocenters. The number of ether oxygens (including phenoxy) is 1. The molecule has 11 heteroatoms. The summed E-state index contributed by atoms with van der Waals surface area (Å²) in [5.74, 6) is -0.135. The van der Waals surface area contributed by atoms with Crippen molar-refractivity contribution in [3.63, 3.8) is 0 Å². The number of anilines is 1. The molecule has 1 fully saturated rings. The minimum absolute atomic E-state index is 0.0116. The summed E-state index contributed by atoms with van der Waals surface area (Å²) in [6.07, 6.45) is 1.09. The van der Waals surface area contributed by atoms with Crippen molar-refractivity contribution in [2.45, 2.75) is 25.2 Å². The summed E-state index contributed by atoms with van der Waals surface area (Å²) in [5.41, 5.74) is 1.43. The monoisotopic (exact) mass is 433 g/mol. The minimum Gasteiger partial charge on any atom is -0.378 e. The first-order valence-electron chi connectivity index (χ1n) is 8.84. The molecule has 1 aromatic rings. The van der Waals surface area contributed by atoms with Gasteiger partial charge < -0.3 is 9.64 Å². The Bertz CT molecular complexity index is 938. The first-order valence-corrected chi connectivity index (χ1v) is 12.2. The van der Waals surface area contributed by atoms with E-state index in [1.54, 1.807) is 24.8 Å². The van der Waals surface area contributed by atoms with Crippen molar-refractivity contribution < 1.29 is 26.4 Å². The Balaban J connectivity index is 2.15. The van der Waals surface area contributed by atoms with Gasteiger partial charge in [0.15, 0.2) is 0 Å². The number of carbonyl (C=O) groups excluding carboxylic acids is 1. The molecule has 0 bridgehead atoms. The van der Waals surface area contributed by atoms with Gasteiger partial charge in [-0.1, -0.05) is 6.07 Å². The van der Waals surface area contributed by atoms with Crippen LogP contribution >= 0.6 is 0 Å². The fourth-order valence-corrected chi connectivity index (χ4v) is 4.80. The third-order valence-electron chi connectivity index (χ3n) is 4.61. The molecule has 2 rings (SSSR count). The van der Waals surface area contributed by atoms with E-state index in [1.165, 1.54) is 13.1 Å². The zero-order valence-electron chi connectivity index (χ0n) is 16.6. The third-order valence-corrected chi connectivity index (χ3v) is 7.41. The standard InChI is InChI=1S/C17H27N3O6S2/c1-13-11-14(2)16(12-15(13)19(3)27(4,22)23)28(24,25)18-6-5-17(21)20-7-9-26-10-8-20/h11-12,18H,5-10H2,1-4H3. The highest BCUT2D eigenvalue weighted by Gasteiger charge is 2.23. The molecule has 0 atom stereocenters. The van der Waals surface area contributed by atoms with Crippen LogP contribution in [0.25, 0.3) is 0 Å². The Labute approximate surface area is 166 Å². The first-order chi connectivity index (χ1) is 12.9. The van der Waals surface area contributed by atoms with E-state index in [1.807, 2.05) is 0 Å². The van der Waals surface area contributed by atoms with Crippen LogP contribution < -0.4 is 9.03 Å².